The summed E-state index contributed by atoms with van der Waals surface area (Å²) in [7, 11) is 0. The van der Waals surface area contributed by atoms with Crippen LogP contribution in [-0.2, 0) is 4.79 Å². The van der Waals surface area contributed by atoms with Crippen LogP contribution >= 0.6 is 12.4 Å². The average molecular weight is 241 g/mol. The molecule has 1 aliphatic carbocycles. The van der Waals surface area contributed by atoms with Crippen molar-refractivity contribution in [1.29, 1.82) is 0 Å². The highest BCUT2D eigenvalue weighted by atomic mass is 35.5. The summed E-state index contributed by atoms with van der Waals surface area (Å²) in [5.41, 5.74) is 6.64. The van der Waals surface area contributed by atoms with E-state index in [9.17, 15) is 4.79 Å². The second-order valence-corrected chi connectivity index (χ2v) is 4.13. The number of carbonyl (C=O) groups excluding carboxylic acids is 1. The Morgan fingerprint density at radius 2 is 1.94 bits per heavy atom. The number of hydrogen-bond acceptors (Lipinski definition) is 2. The highest BCUT2D eigenvalue weighted by molar-refractivity contribution is 5.92. The molecule has 1 amide bonds. The minimum atomic E-state index is 0. The number of carbonyl (C=O) groups is 1. The predicted octanol–water partition coefficient (Wildman–Crippen LogP) is 2.17. The molecule has 1 aromatic carbocycles. The third-order valence-corrected chi connectivity index (χ3v) is 2.89. The van der Waals surface area contributed by atoms with Gasteiger partial charge >= 0.3 is 0 Å². The van der Waals surface area contributed by atoms with Crippen LogP contribution in [0.1, 0.15) is 19.3 Å². The van der Waals surface area contributed by atoms with Gasteiger partial charge in [0.2, 0.25) is 5.91 Å². The highest BCUT2D eigenvalue weighted by Crippen LogP contribution is 2.25. The van der Waals surface area contributed by atoms with Gasteiger partial charge in [-0.3, -0.25) is 4.79 Å². The summed E-state index contributed by atoms with van der Waals surface area (Å²) in [6, 6.07) is 9.75. The third-order valence-electron chi connectivity index (χ3n) is 2.89. The zero-order valence-electron chi connectivity index (χ0n) is 9.06. The van der Waals surface area contributed by atoms with Crippen LogP contribution in [0.5, 0.6) is 0 Å². The summed E-state index contributed by atoms with van der Waals surface area (Å²) >= 11 is 0. The molecular weight excluding hydrogens is 224 g/mol. The van der Waals surface area contributed by atoms with Crippen LogP contribution < -0.4 is 11.1 Å². The minimum Gasteiger partial charge on any atom is -0.328 e. The summed E-state index contributed by atoms with van der Waals surface area (Å²) in [6.07, 6.45) is 2.70. The number of anilines is 1. The second-order valence-electron chi connectivity index (χ2n) is 4.13. The Morgan fingerprint density at radius 1 is 1.25 bits per heavy atom. The number of para-hydroxylation sites is 1. The van der Waals surface area contributed by atoms with Gasteiger partial charge in [0.25, 0.3) is 0 Å². The molecule has 3 N–H and O–H groups in total. The van der Waals surface area contributed by atoms with Crippen molar-refractivity contribution >= 4 is 24.0 Å². The van der Waals surface area contributed by atoms with Crippen LogP contribution in [0.15, 0.2) is 30.3 Å². The van der Waals surface area contributed by atoms with E-state index in [1.807, 2.05) is 30.3 Å². The first-order chi connectivity index (χ1) is 7.25. The van der Waals surface area contributed by atoms with Gasteiger partial charge in [0, 0.05) is 17.6 Å². The van der Waals surface area contributed by atoms with Crippen LogP contribution in [0, 0.1) is 5.92 Å². The van der Waals surface area contributed by atoms with Crippen LogP contribution in [0.3, 0.4) is 0 Å². The van der Waals surface area contributed by atoms with Gasteiger partial charge in [0.05, 0.1) is 0 Å². The molecule has 0 aliphatic heterocycles. The van der Waals surface area contributed by atoms with E-state index in [-0.39, 0.29) is 30.3 Å². The van der Waals surface area contributed by atoms with Crippen molar-refractivity contribution in [1.82, 2.24) is 0 Å². The Kier molecular flexibility index (Phi) is 4.77. The first-order valence-corrected chi connectivity index (χ1v) is 5.37. The zero-order valence-corrected chi connectivity index (χ0v) is 9.87. The van der Waals surface area contributed by atoms with Gasteiger partial charge in [-0.25, -0.2) is 0 Å². The smallest absolute Gasteiger partial charge is 0.227 e. The van der Waals surface area contributed by atoms with E-state index in [0.717, 1.165) is 24.9 Å². The summed E-state index contributed by atoms with van der Waals surface area (Å²) in [4.78, 5) is 11.8. The van der Waals surface area contributed by atoms with Crippen molar-refractivity contribution in [2.75, 3.05) is 5.32 Å². The van der Waals surface area contributed by atoms with E-state index in [2.05, 4.69) is 5.32 Å². The standard InChI is InChI=1S/C12H16N2O.ClH/c13-10-7-6-9(8-10)12(15)14-11-4-2-1-3-5-11;/h1-5,9-10H,6-8,13H2,(H,14,15);1H. The molecule has 0 bridgehead atoms. The summed E-state index contributed by atoms with van der Waals surface area (Å²) in [6.45, 7) is 0. The molecule has 1 fully saturated rings. The summed E-state index contributed by atoms with van der Waals surface area (Å²) in [5, 5.41) is 2.91. The molecule has 0 aromatic heterocycles. The summed E-state index contributed by atoms with van der Waals surface area (Å²) < 4.78 is 0. The largest absolute Gasteiger partial charge is 0.328 e. The number of hydrogen-bond donors (Lipinski definition) is 2. The predicted molar refractivity (Wildman–Crippen MR) is 67.6 cm³/mol. The fourth-order valence-corrected chi connectivity index (χ4v) is 2.02. The molecule has 16 heavy (non-hydrogen) atoms. The lowest BCUT2D eigenvalue weighted by atomic mass is 10.1. The molecule has 1 aromatic rings. The maximum Gasteiger partial charge on any atom is 0.227 e. The Morgan fingerprint density at radius 3 is 2.50 bits per heavy atom. The number of amides is 1. The molecule has 0 radical (unpaired) electrons. The molecule has 1 aliphatic rings. The maximum absolute atomic E-state index is 11.8. The molecule has 1 saturated carbocycles. The van der Waals surface area contributed by atoms with Crippen LogP contribution in [0.25, 0.3) is 0 Å². The lowest BCUT2D eigenvalue weighted by molar-refractivity contribution is -0.119. The van der Waals surface area contributed by atoms with Gasteiger partial charge < -0.3 is 11.1 Å². The molecule has 0 spiro atoms. The van der Waals surface area contributed by atoms with Gasteiger partial charge in [-0.15, -0.1) is 12.4 Å². The lowest BCUT2D eigenvalue weighted by Gasteiger charge is -2.10. The molecule has 2 rings (SSSR count). The highest BCUT2D eigenvalue weighted by Gasteiger charge is 2.27. The Balaban J connectivity index is 0.00000128. The minimum absolute atomic E-state index is 0. The second kappa shape index (κ2) is 5.87. The number of benzene rings is 1. The van der Waals surface area contributed by atoms with Crippen molar-refractivity contribution < 1.29 is 4.79 Å². The normalized spacial score (nSPS) is 23.6. The fourth-order valence-electron chi connectivity index (χ4n) is 2.02. The SMILES string of the molecule is Cl.NC1CCC(C(=O)Nc2ccccc2)C1. The molecule has 2 unspecified atom stereocenters. The van der Waals surface area contributed by atoms with Crippen molar-refractivity contribution in [3.63, 3.8) is 0 Å². The van der Waals surface area contributed by atoms with E-state index in [0.29, 0.717) is 0 Å². The van der Waals surface area contributed by atoms with Gasteiger partial charge in [0.1, 0.15) is 0 Å². The number of nitrogens with one attached hydrogen (secondary N) is 1. The fraction of sp³-hybridized carbons (Fsp3) is 0.417. The van der Waals surface area contributed by atoms with Gasteiger partial charge in [-0.2, -0.15) is 0 Å². The Labute approximate surface area is 102 Å². The van der Waals surface area contributed by atoms with E-state index < -0.39 is 0 Å². The topological polar surface area (TPSA) is 55.1 Å². The van der Waals surface area contributed by atoms with Crippen molar-refractivity contribution in [3.05, 3.63) is 30.3 Å². The van der Waals surface area contributed by atoms with Gasteiger partial charge in [0.15, 0.2) is 0 Å². The zero-order chi connectivity index (χ0) is 10.7. The molecule has 2 atom stereocenters. The molecular formula is C12H17ClN2O. The first-order valence-electron chi connectivity index (χ1n) is 5.37. The monoisotopic (exact) mass is 240 g/mol. The molecule has 88 valence electrons. The Hall–Kier alpha value is -1.06. The number of rotatable bonds is 2. The quantitative estimate of drug-likeness (QED) is 0.833. The first kappa shape index (κ1) is 13.0. The molecule has 4 heteroatoms. The molecule has 0 saturated heterocycles. The molecule has 3 nitrogen and oxygen atoms in total. The van der Waals surface area contributed by atoms with Gasteiger partial charge in [-0.1, -0.05) is 18.2 Å². The van der Waals surface area contributed by atoms with Gasteiger partial charge in [-0.05, 0) is 31.4 Å². The third kappa shape index (κ3) is 3.22. The van der Waals surface area contributed by atoms with E-state index in [1.165, 1.54) is 0 Å². The van der Waals surface area contributed by atoms with Crippen LogP contribution in [-0.4, -0.2) is 11.9 Å². The number of halogens is 1. The average Bonchev–Trinajstić information content (AvgIpc) is 2.66. The lowest BCUT2D eigenvalue weighted by Crippen LogP contribution is -2.23. The molecule has 0 heterocycles. The van der Waals surface area contributed by atoms with Crippen molar-refractivity contribution in [2.24, 2.45) is 11.7 Å². The van der Waals surface area contributed by atoms with Crippen molar-refractivity contribution in [2.45, 2.75) is 25.3 Å². The van der Waals surface area contributed by atoms with Crippen LogP contribution in [0.2, 0.25) is 0 Å². The van der Waals surface area contributed by atoms with E-state index in [4.69, 9.17) is 5.73 Å². The van der Waals surface area contributed by atoms with E-state index >= 15 is 0 Å². The van der Waals surface area contributed by atoms with E-state index in [1.54, 1.807) is 0 Å². The van der Waals surface area contributed by atoms with Crippen molar-refractivity contribution in [3.8, 4) is 0 Å². The Bertz CT molecular complexity index is 342. The number of nitrogens with two attached hydrogens (primary N) is 1. The maximum atomic E-state index is 11.8. The summed E-state index contributed by atoms with van der Waals surface area (Å²) in [5.74, 6) is 0.203. The van der Waals surface area contributed by atoms with Crippen LogP contribution in [0.4, 0.5) is 5.69 Å².